The number of nitrogens with zero attached hydrogens (tertiary/aromatic N) is 3. The van der Waals surface area contributed by atoms with Gasteiger partial charge in [0, 0.05) is 32.9 Å². The number of nitrogens with one attached hydrogen (secondary N) is 1. The predicted molar refractivity (Wildman–Crippen MR) is 71.7 cm³/mol. The minimum atomic E-state index is 0.778. The number of aromatic nitrogens is 2. The van der Waals surface area contributed by atoms with Gasteiger partial charge in [0.2, 0.25) is 0 Å². The van der Waals surface area contributed by atoms with E-state index in [4.69, 9.17) is 4.74 Å². The summed E-state index contributed by atoms with van der Waals surface area (Å²) in [6.07, 6.45) is 5.88. The van der Waals surface area contributed by atoms with Crippen LogP contribution in [0.25, 0.3) is 0 Å². The number of anilines is 1. The number of ether oxygens (including phenoxy) is 1. The Morgan fingerprint density at radius 3 is 2.94 bits per heavy atom. The molecule has 0 aliphatic carbocycles. The molecule has 1 fully saturated rings. The molecule has 1 aliphatic rings. The van der Waals surface area contributed by atoms with Gasteiger partial charge in [0.25, 0.3) is 0 Å². The summed E-state index contributed by atoms with van der Waals surface area (Å²) in [5.74, 6) is 1.83. The highest BCUT2D eigenvalue weighted by atomic mass is 16.5. The van der Waals surface area contributed by atoms with Gasteiger partial charge in [-0.25, -0.2) is 9.97 Å². The molecule has 5 heteroatoms. The summed E-state index contributed by atoms with van der Waals surface area (Å²) in [6, 6.07) is 1.98. The Bertz CT molecular complexity index is 325. The van der Waals surface area contributed by atoms with Crippen LogP contribution >= 0.6 is 0 Å². The zero-order chi connectivity index (χ0) is 12.6. The molecule has 0 bridgehead atoms. The van der Waals surface area contributed by atoms with Gasteiger partial charge < -0.3 is 15.0 Å². The first-order valence-corrected chi connectivity index (χ1v) is 6.61. The van der Waals surface area contributed by atoms with Crippen molar-refractivity contribution in [2.24, 2.45) is 5.92 Å². The highest BCUT2D eigenvalue weighted by Crippen LogP contribution is 2.20. The maximum Gasteiger partial charge on any atom is 0.131 e. The Morgan fingerprint density at radius 2 is 2.28 bits per heavy atom. The molecule has 1 saturated heterocycles. The van der Waals surface area contributed by atoms with Crippen molar-refractivity contribution in [2.75, 3.05) is 44.8 Å². The number of hydrogen-bond donors (Lipinski definition) is 1. The standard InChI is InChI=1S/C13H22N4O/c1-18-9-6-14-10-12-3-7-17(8-4-12)13-2-5-15-11-16-13/h2,5,11-12,14H,3-4,6-10H2,1H3. The molecule has 18 heavy (non-hydrogen) atoms. The lowest BCUT2D eigenvalue weighted by Gasteiger charge is -2.32. The van der Waals surface area contributed by atoms with Crippen LogP contribution in [0.5, 0.6) is 0 Å². The number of hydrogen-bond acceptors (Lipinski definition) is 5. The van der Waals surface area contributed by atoms with Gasteiger partial charge >= 0.3 is 0 Å². The van der Waals surface area contributed by atoms with Crippen LogP contribution in [0, 0.1) is 5.92 Å². The van der Waals surface area contributed by atoms with Gasteiger partial charge in [-0.3, -0.25) is 0 Å². The summed E-state index contributed by atoms with van der Waals surface area (Å²) in [7, 11) is 1.74. The van der Waals surface area contributed by atoms with Gasteiger partial charge in [-0.15, -0.1) is 0 Å². The Hall–Kier alpha value is -1.20. The predicted octanol–water partition coefficient (Wildman–Crippen LogP) is 0.929. The van der Waals surface area contributed by atoms with Crippen molar-refractivity contribution < 1.29 is 4.74 Å². The molecule has 2 heterocycles. The lowest BCUT2D eigenvalue weighted by atomic mass is 9.97. The maximum absolute atomic E-state index is 5.02. The third-order valence-electron chi connectivity index (χ3n) is 3.42. The fourth-order valence-electron chi connectivity index (χ4n) is 2.32. The molecule has 0 unspecified atom stereocenters. The molecule has 1 aromatic heterocycles. The van der Waals surface area contributed by atoms with Gasteiger partial charge in [-0.2, -0.15) is 0 Å². The summed E-state index contributed by atoms with van der Waals surface area (Å²) < 4.78 is 5.02. The lowest BCUT2D eigenvalue weighted by molar-refractivity contribution is 0.196. The van der Waals surface area contributed by atoms with Crippen LogP contribution in [0.3, 0.4) is 0 Å². The van der Waals surface area contributed by atoms with E-state index in [1.807, 2.05) is 6.07 Å². The van der Waals surface area contributed by atoms with E-state index >= 15 is 0 Å². The van der Waals surface area contributed by atoms with Crippen molar-refractivity contribution in [3.8, 4) is 0 Å². The van der Waals surface area contributed by atoms with Crippen LogP contribution in [0.15, 0.2) is 18.6 Å². The average Bonchev–Trinajstić information content (AvgIpc) is 2.45. The molecule has 0 aromatic carbocycles. The highest BCUT2D eigenvalue weighted by Gasteiger charge is 2.19. The molecule has 0 atom stereocenters. The van der Waals surface area contributed by atoms with Crippen molar-refractivity contribution in [3.63, 3.8) is 0 Å². The first-order chi connectivity index (χ1) is 8.90. The van der Waals surface area contributed by atoms with E-state index in [0.29, 0.717) is 0 Å². The molecule has 1 aliphatic heterocycles. The SMILES string of the molecule is COCCNCC1CCN(c2ccncn2)CC1. The number of piperidine rings is 1. The van der Waals surface area contributed by atoms with Crippen molar-refractivity contribution in [1.82, 2.24) is 15.3 Å². The number of methoxy groups -OCH3 is 1. The van der Waals surface area contributed by atoms with Gasteiger partial charge in [0.15, 0.2) is 0 Å². The molecule has 100 valence electrons. The molecule has 1 N–H and O–H groups in total. The third kappa shape index (κ3) is 3.92. The highest BCUT2D eigenvalue weighted by molar-refractivity contribution is 5.36. The molecular weight excluding hydrogens is 228 g/mol. The second-order valence-electron chi connectivity index (χ2n) is 4.69. The molecular formula is C13H22N4O. The van der Waals surface area contributed by atoms with Gasteiger partial charge in [0.1, 0.15) is 12.1 Å². The van der Waals surface area contributed by atoms with Crippen molar-refractivity contribution in [1.29, 1.82) is 0 Å². The van der Waals surface area contributed by atoms with Crippen molar-refractivity contribution >= 4 is 5.82 Å². The van der Waals surface area contributed by atoms with E-state index in [9.17, 15) is 0 Å². The van der Waals surface area contributed by atoms with E-state index in [0.717, 1.165) is 44.5 Å². The van der Waals surface area contributed by atoms with Crippen LogP contribution in [0.2, 0.25) is 0 Å². The first kappa shape index (κ1) is 13.2. The Kier molecular flexibility index (Phi) is 5.36. The summed E-state index contributed by atoms with van der Waals surface area (Å²) in [4.78, 5) is 10.6. The zero-order valence-corrected chi connectivity index (χ0v) is 11.0. The van der Waals surface area contributed by atoms with Crippen molar-refractivity contribution in [3.05, 3.63) is 18.6 Å². The molecule has 0 amide bonds. The van der Waals surface area contributed by atoms with E-state index in [2.05, 4.69) is 20.2 Å². The monoisotopic (exact) mass is 250 g/mol. The van der Waals surface area contributed by atoms with E-state index < -0.39 is 0 Å². The second kappa shape index (κ2) is 7.28. The summed E-state index contributed by atoms with van der Waals surface area (Å²) >= 11 is 0. The normalized spacial score (nSPS) is 17.1. The fraction of sp³-hybridized carbons (Fsp3) is 0.692. The number of rotatable bonds is 6. The van der Waals surface area contributed by atoms with Crippen LogP contribution in [0.4, 0.5) is 5.82 Å². The lowest BCUT2D eigenvalue weighted by Crippen LogP contribution is -2.38. The quantitative estimate of drug-likeness (QED) is 0.761. The fourth-order valence-corrected chi connectivity index (χ4v) is 2.32. The molecule has 1 aromatic rings. The average molecular weight is 250 g/mol. The Morgan fingerprint density at radius 1 is 1.44 bits per heavy atom. The third-order valence-corrected chi connectivity index (χ3v) is 3.42. The second-order valence-corrected chi connectivity index (χ2v) is 4.69. The largest absolute Gasteiger partial charge is 0.383 e. The summed E-state index contributed by atoms with van der Waals surface area (Å²) in [6.45, 7) is 5.02. The zero-order valence-electron chi connectivity index (χ0n) is 11.0. The van der Waals surface area contributed by atoms with Crippen LogP contribution < -0.4 is 10.2 Å². The van der Waals surface area contributed by atoms with E-state index in [1.165, 1.54) is 12.8 Å². The maximum atomic E-state index is 5.02. The molecule has 0 saturated carbocycles. The van der Waals surface area contributed by atoms with Crippen molar-refractivity contribution in [2.45, 2.75) is 12.8 Å². The topological polar surface area (TPSA) is 50.3 Å². The van der Waals surface area contributed by atoms with Crippen LogP contribution in [-0.2, 0) is 4.74 Å². The Balaban J connectivity index is 1.68. The Labute approximate surface area is 109 Å². The molecule has 5 nitrogen and oxygen atoms in total. The molecule has 0 radical (unpaired) electrons. The smallest absolute Gasteiger partial charge is 0.131 e. The van der Waals surface area contributed by atoms with Crippen LogP contribution in [0.1, 0.15) is 12.8 Å². The summed E-state index contributed by atoms with van der Waals surface area (Å²) in [5, 5.41) is 3.44. The van der Waals surface area contributed by atoms with E-state index in [1.54, 1.807) is 19.6 Å². The molecule has 0 spiro atoms. The van der Waals surface area contributed by atoms with Gasteiger partial charge in [-0.05, 0) is 31.4 Å². The summed E-state index contributed by atoms with van der Waals surface area (Å²) in [5.41, 5.74) is 0. The van der Waals surface area contributed by atoms with E-state index in [-0.39, 0.29) is 0 Å². The van der Waals surface area contributed by atoms with Gasteiger partial charge in [-0.1, -0.05) is 0 Å². The minimum Gasteiger partial charge on any atom is -0.383 e. The van der Waals surface area contributed by atoms with Gasteiger partial charge in [0.05, 0.1) is 6.61 Å². The first-order valence-electron chi connectivity index (χ1n) is 6.61. The minimum absolute atomic E-state index is 0.778. The molecule has 2 rings (SSSR count). The van der Waals surface area contributed by atoms with Crippen LogP contribution in [-0.4, -0.2) is 49.9 Å².